The number of aliphatic carboxylic acids is 1. The van der Waals surface area contributed by atoms with Gasteiger partial charge in [0.25, 0.3) is 0 Å². The van der Waals surface area contributed by atoms with Crippen molar-refractivity contribution in [2.45, 2.75) is 211 Å². The minimum absolute atomic E-state index is 0.142. The van der Waals surface area contributed by atoms with Gasteiger partial charge in [0.05, 0.1) is 50.5 Å². The molecule has 3 rings (SSSR count). The number of amides is 13. The zero-order valence-corrected chi connectivity index (χ0v) is 56.2. The third-order valence-corrected chi connectivity index (χ3v) is 16.0. The van der Waals surface area contributed by atoms with Crippen LogP contribution in [0.15, 0.2) is 60.8 Å². The number of aromatic amines is 1. The van der Waals surface area contributed by atoms with Crippen LogP contribution >= 0.6 is 0 Å². The van der Waals surface area contributed by atoms with E-state index >= 15 is 0 Å². The van der Waals surface area contributed by atoms with Crippen LogP contribution in [-0.2, 0) is 80.0 Å². The third kappa shape index (κ3) is 29.0. The van der Waals surface area contributed by atoms with Crippen LogP contribution in [0.5, 0.6) is 0 Å². The Morgan fingerprint density at radius 1 is 0.480 bits per heavy atom. The Balaban J connectivity index is 1.87. The Morgan fingerprint density at radius 3 is 1.51 bits per heavy atom. The van der Waals surface area contributed by atoms with E-state index in [0.717, 1.165) is 32.6 Å². The molecule has 0 saturated heterocycles. The van der Waals surface area contributed by atoms with Crippen LogP contribution in [0.25, 0.3) is 10.9 Å². The van der Waals surface area contributed by atoms with Gasteiger partial charge in [-0.2, -0.15) is 0 Å². The van der Waals surface area contributed by atoms with E-state index in [1.807, 2.05) is 0 Å². The summed E-state index contributed by atoms with van der Waals surface area (Å²) in [6.45, 7) is 8.53. The number of carboxylic acid groups (broad SMARTS) is 1. The number of rotatable bonds is 46. The molecule has 0 saturated carbocycles. The van der Waals surface area contributed by atoms with Crippen LogP contribution in [0, 0.1) is 11.8 Å². The van der Waals surface area contributed by atoms with Crippen LogP contribution in [0.4, 0.5) is 0 Å². The monoisotopic (exact) mass is 1380 g/mol. The van der Waals surface area contributed by atoms with E-state index in [0.29, 0.717) is 41.3 Å². The number of carbonyl (C=O) groups excluding carboxylic acids is 13. The van der Waals surface area contributed by atoms with Crippen LogP contribution < -0.4 is 76.1 Å². The highest BCUT2D eigenvalue weighted by Crippen LogP contribution is 2.20. The van der Waals surface area contributed by atoms with E-state index in [1.165, 1.54) is 13.8 Å². The summed E-state index contributed by atoms with van der Waals surface area (Å²) in [6, 6.07) is -0.154. The Morgan fingerprint density at radius 2 is 0.959 bits per heavy atom. The summed E-state index contributed by atoms with van der Waals surface area (Å²) in [5.74, 6) is -16.9. The van der Waals surface area contributed by atoms with E-state index in [4.69, 9.17) is 22.9 Å². The number of aliphatic hydroxyl groups excluding tert-OH is 3. The van der Waals surface area contributed by atoms with Gasteiger partial charge in [0.1, 0.15) is 54.4 Å². The molecule has 13 atom stereocenters. The molecule has 98 heavy (non-hydrogen) atoms. The summed E-state index contributed by atoms with van der Waals surface area (Å²) in [6.07, 6.45) is -1.85. The summed E-state index contributed by atoms with van der Waals surface area (Å²) in [5.41, 5.74) is 23.8. The lowest BCUT2D eigenvalue weighted by Crippen LogP contribution is -2.62. The molecule has 0 radical (unpaired) electrons. The molecule has 13 unspecified atom stereocenters. The number of para-hydroxylation sites is 1. The molecule has 0 bridgehead atoms. The first-order valence-electron chi connectivity index (χ1n) is 32.7. The molecule has 13 amide bonds. The van der Waals surface area contributed by atoms with Gasteiger partial charge in [-0.25, -0.2) is 4.79 Å². The molecular formula is C65H99N15O18. The molecule has 1 aromatic heterocycles. The van der Waals surface area contributed by atoms with Crippen molar-refractivity contribution in [1.82, 2.24) is 58.2 Å². The fraction of sp³-hybridized carbons (Fsp3) is 0.569. The largest absolute Gasteiger partial charge is 0.480 e. The fourth-order valence-corrected chi connectivity index (χ4v) is 10.4. The lowest BCUT2D eigenvalue weighted by atomic mass is 9.98. The first-order chi connectivity index (χ1) is 46.3. The molecule has 2 aromatic carbocycles. The van der Waals surface area contributed by atoms with E-state index in [1.54, 1.807) is 74.6 Å². The van der Waals surface area contributed by atoms with E-state index in [9.17, 15) is 87.5 Å². The Kier molecular flexibility index (Phi) is 35.5. The maximum Gasteiger partial charge on any atom is 0.326 e. The standard InChI is InChI=1S/C65H99N15O18/c1-7-9-10-11-15-20-39(82)28-52(87)72-46(29-49(67)84)62(94)78-54(34(3)4)64(96)77-43(25-37-18-13-12-14-19-37)57(89)75-48(31-51(69)86)59(91)76-47(30-50(68)85)58(90)74-45(27-40(83)23-24-66)61(93)80-56(36(6)81)63(95)71-33-53(88)73-44(60(92)79-55(65(97)98)35(5)8-2)26-38-32-70-42-22-17-16-21-41(38)42/h12-14,16-19,21-22,32,34-36,39-40,43-48,54-56,70,81-83H,7-11,15,20,23-31,33,66H2,1-6H3,(H2,67,84)(H2,68,85)(H2,69,86)(H,71,95)(H,72,87)(H,73,88)(H,74,90)(H,75,89)(H,76,91)(H,77,96)(H,78,94)(H,79,92)(H,80,93)(H,97,98). The quantitative estimate of drug-likeness (QED) is 0.0243. The number of carbonyl (C=O) groups is 14. The van der Waals surface area contributed by atoms with Gasteiger partial charge < -0.3 is 102 Å². The van der Waals surface area contributed by atoms with Gasteiger partial charge in [-0.1, -0.05) is 122 Å². The number of carboxylic acids is 1. The topological polar surface area (TPSA) is 560 Å². The van der Waals surface area contributed by atoms with Crippen LogP contribution in [0.1, 0.15) is 136 Å². The van der Waals surface area contributed by atoms with E-state index in [2.05, 4.69) is 65.1 Å². The number of unbranched alkanes of at least 4 members (excludes halogenated alkanes) is 4. The number of aromatic nitrogens is 1. The summed E-state index contributed by atoms with van der Waals surface area (Å²) in [7, 11) is 0. The normalized spacial score (nSPS) is 15.2. The van der Waals surface area contributed by atoms with Gasteiger partial charge in [0.15, 0.2) is 0 Å². The lowest BCUT2D eigenvalue weighted by molar-refractivity contribution is -0.143. The first kappa shape index (κ1) is 82.6. The molecule has 0 fully saturated rings. The predicted octanol–water partition coefficient (Wildman–Crippen LogP) is -3.56. The maximum atomic E-state index is 14.4. The maximum absolute atomic E-state index is 14.4. The van der Waals surface area contributed by atoms with Crippen molar-refractivity contribution in [1.29, 1.82) is 0 Å². The van der Waals surface area contributed by atoms with Crippen LogP contribution in [0.3, 0.4) is 0 Å². The number of hydrogen-bond acceptors (Lipinski definition) is 18. The van der Waals surface area contributed by atoms with Gasteiger partial charge >= 0.3 is 5.97 Å². The average Bonchev–Trinajstić information content (AvgIpc) is 1.77. The molecule has 0 aliphatic rings. The highest BCUT2D eigenvalue weighted by molar-refractivity contribution is 6.01. The number of fused-ring (bicyclic) bond motifs is 1. The average molecular weight is 1380 g/mol. The molecule has 3 aromatic rings. The van der Waals surface area contributed by atoms with Gasteiger partial charge in [-0.05, 0) is 55.3 Å². The zero-order chi connectivity index (χ0) is 73.3. The Hall–Kier alpha value is -9.60. The number of H-pyrrole nitrogens is 1. The molecule has 0 aliphatic carbocycles. The molecular weight excluding hydrogens is 1280 g/mol. The van der Waals surface area contributed by atoms with E-state index in [-0.39, 0.29) is 25.8 Å². The van der Waals surface area contributed by atoms with Crippen molar-refractivity contribution in [3.05, 3.63) is 71.9 Å². The second-order valence-electron chi connectivity index (χ2n) is 24.7. The summed E-state index contributed by atoms with van der Waals surface area (Å²) >= 11 is 0. The molecule has 0 spiro atoms. The minimum atomic E-state index is -2.04. The smallest absolute Gasteiger partial charge is 0.326 e. The number of benzene rings is 2. The van der Waals surface area contributed by atoms with Crippen LogP contribution in [-0.4, -0.2) is 194 Å². The number of nitrogens with two attached hydrogens (primary N) is 4. The second kappa shape index (κ2) is 42.2. The van der Waals surface area contributed by atoms with Crippen molar-refractivity contribution in [3.63, 3.8) is 0 Å². The van der Waals surface area contributed by atoms with Crippen LogP contribution in [0.2, 0.25) is 0 Å². The summed E-state index contributed by atoms with van der Waals surface area (Å²) in [5, 5.41) is 66.5. The Bertz CT molecular complexity index is 3200. The first-order valence-corrected chi connectivity index (χ1v) is 32.7. The minimum Gasteiger partial charge on any atom is -0.480 e. The molecule has 1 heterocycles. The SMILES string of the molecule is CCCCCCCC(O)CC(=O)NC(CC(N)=O)C(=O)NC(C(=O)NC(Cc1ccccc1)C(=O)NC(CC(N)=O)C(=O)NC(CC(N)=O)C(=O)NC(CC(O)CCN)C(=O)NC(C(=O)NCC(=O)NC(Cc1c[nH]c2ccccc12)C(=O)NC(C(=O)O)C(C)CC)C(C)O)C(C)C. The second-order valence-corrected chi connectivity index (χ2v) is 24.7. The third-order valence-electron chi connectivity index (χ3n) is 16.0. The molecule has 542 valence electrons. The van der Waals surface area contributed by atoms with Crippen molar-refractivity contribution in [2.24, 2.45) is 34.8 Å². The van der Waals surface area contributed by atoms with Crippen molar-refractivity contribution in [2.75, 3.05) is 13.1 Å². The van der Waals surface area contributed by atoms with Gasteiger partial charge in [-0.15, -0.1) is 0 Å². The van der Waals surface area contributed by atoms with Gasteiger partial charge in [0, 0.05) is 36.4 Å². The van der Waals surface area contributed by atoms with Crippen molar-refractivity contribution >= 4 is 93.7 Å². The number of nitrogens with one attached hydrogen (secondary N) is 11. The molecule has 0 aliphatic heterocycles. The fourth-order valence-electron chi connectivity index (χ4n) is 10.4. The highest BCUT2D eigenvalue weighted by atomic mass is 16.4. The lowest BCUT2D eigenvalue weighted by Gasteiger charge is -2.29. The predicted molar refractivity (Wildman–Crippen MR) is 356 cm³/mol. The zero-order valence-electron chi connectivity index (χ0n) is 56.2. The Labute approximate surface area is 567 Å². The summed E-state index contributed by atoms with van der Waals surface area (Å²) in [4.78, 5) is 192. The number of hydrogen-bond donors (Lipinski definition) is 19. The van der Waals surface area contributed by atoms with Gasteiger partial charge in [0.2, 0.25) is 76.8 Å². The van der Waals surface area contributed by atoms with E-state index < -0.39 is 206 Å². The number of aliphatic hydroxyl groups is 3. The van der Waals surface area contributed by atoms with Gasteiger partial charge in [-0.3, -0.25) is 62.3 Å². The summed E-state index contributed by atoms with van der Waals surface area (Å²) < 4.78 is 0. The van der Waals surface area contributed by atoms with Crippen molar-refractivity contribution < 1.29 is 87.5 Å². The highest BCUT2D eigenvalue weighted by Gasteiger charge is 2.38. The van der Waals surface area contributed by atoms with Crippen molar-refractivity contribution in [3.8, 4) is 0 Å². The molecule has 23 N–H and O–H groups in total. The molecule has 33 heteroatoms. The number of primary amides is 3. The molecule has 33 nitrogen and oxygen atoms in total.